The number of carbonyl (C=O) groups excluding carboxylic acids is 1. The third kappa shape index (κ3) is 10.4. The molecule has 1 aromatic heterocycles. The first kappa shape index (κ1) is 39.8. The third-order valence-electron chi connectivity index (χ3n) is 8.87. The van der Waals surface area contributed by atoms with Crippen molar-refractivity contribution in [1.29, 1.82) is 0 Å². The number of alkyl halides is 6. The lowest BCUT2D eigenvalue weighted by atomic mass is 9.90. The van der Waals surface area contributed by atoms with E-state index in [-0.39, 0.29) is 43.2 Å². The van der Waals surface area contributed by atoms with Crippen molar-refractivity contribution in [2.45, 2.75) is 78.5 Å². The molecule has 54 heavy (non-hydrogen) atoms. The van der Waals surface area contributed by atoms with E-state index in [0.717, 1.165) is 57.4 Å². The van der Waals surface area contributed by atoms with Gasteiger partial charge in [-0.3, -0.25) is 0 Å². The topological polar surface area (TPSA) is 64.6 Å². The van der Waals surface area contributed by atoms with Gasteiger partial charge in [0.2, 0.25) is 5.95 Å². The van der Waals surface area contributed by atoms with E-state index >= 15 is 0 Å². The predicted molar refractivity (Wildman–Crippen MR) is 195 cm³/mol. The Morgan fingerprint density at radius 3 is 2.02 bits per heavy atom. The predicted octanol–water partition coefficient (Wildman–Crippen LogP) is 11.1. The molecule has 0 spiro atoms. The van der Waals surface area contributed by atoms with Gasteiger partial charge in [-0.05, 0) is 101 Å². The number of hydrogen-bond donors (Lipinski definition) is 0. The molecule has 0 aliphatic carbocycles. The number of anilines is 1. The Balaban J connectivity index is 1.62. The van der Waals surface area contributed by atoms with E-state index < -0.39 is 23.5 Å². The molecule has 6 nitrogen and oxygen atoms in total. The van der Waals surface area contributed by atoms with Crippen LogP contribution in [0, 0.1) is 13.8 Å². The number of aldehydes is 1. The number of aromatic nitrogens is 2. The normalized spacial score (nSPS) is 11.8. The Kier molecular flexibility index (Phi) is 12.7. The van der Waals surface area contributed by atoms with Crippen LogP contribution < -0.4 is 14.4 Å². The van der Waals surface area contributed by atoms with Crippen LogP contribution in [0.2, 0.25) is 0 Å². The van der Waals surface area contributed by atoms with Gasteiger partial charge in [0.05, 0.1) is 30.1 Å². The number of aryl methyl sites for hydroxylation is 2. The van der Waals surface area contributed by atoms with Gasteiger partial charge in [-0.25, -0.2) is 9.97 Å². The number of nitrogens with zero attached hydrogens (tertiary/aromatic N) is 3. The number of benzene rings is 4. The molecule has 0 bridgehead atoms. The highest BCUT2D eigenvalue weighted by Crippen LogP contribution is 2.39. The van der Waals surface area contributed by atoms with Gasteiger partial charge in [-0.1, -0.05) is 62.4 Å². The molecular formula is C42H41F6N3O3. The molecule has 0 radical (unpaired) electrons. The van der Waals surface area contributed by atoms with Crippen LogP contribution in [-0.4, -0.2) is 22.9 Å². The largest absolute Gasteiger partial charge is 0.490 e. The third-order valence-corrected chi connectivity index (χ3v) is 8.87. The lowest BCUT2D eigenvalue weighted by molar-refractivity contribution is -0.143. The number of halogens is 6. The zero-order chi connectivity index (χ0) is 39.0. The summed E-state index contributed by atoms with van der Waals surface area (Å²) in [7, 11) is 0. The lowest BCUT2D eigenvalue weighted by Gasteiger charge is -2.26. The van der Waals surface area contributed by atoms with Gasteiger partial charge in [0.15, 0.2) is 5.75 Å². The maximum absolute atomic E-state index is 13.9. The Morgan fingerprint density at radius 1 is 0.741 bits per heavy atom. The van der Waals surface area contributed by atoms with E-state index in [9.17, 15) is 31.1 Å². The molecule has 4 aromatic carbocycles. The van der Waals surface area contributed by atoms with E-state index in [1.807, 2.05) is 62.4 Å². The molecule has 12 heteroatoms. The van der Waals surface area contributed by atoms with Crippen molar-refractivity contribution >= 4 is 12.2 Å². The van der Waals surface area contributed by atoms with Gasteiger partial charge in [0, 0.05) is 19.5 Å². The second kappa shape index (κ2) is 17.2. The quantitative estimate of drug-likeness (QED) is 0.0603. The first-order chi connectivity index (χ1) is 25.6. The van der Waals surface area contributed by atoms with E-state index in [0.29, 0.717) is 30.9 Å². The molecule has 0 fully saturated rings. The van der Waals surface area contributed by atoms with Gasteiger partial charge >= 0.3 is 12.4 Å². The van der Waals surface area contributed by atoms with Crippen LogP contribution in [0.5, 0.6) is 11.5 Å². The molecule has 0 atom stereocenters. The van der Waals surface area contributed by atoms with Crippen molar-refractivity contribution in [3.8, 4) is 22.6 Å². The van der Waals surface area contributed by atoms with E-state index in [4.69, 9.17) is 9.47 Å². The summed E-state index contributed by atoms with van der Waals surface area (Å²) < 4.78 is 95.4. The minimum Gasteiger partial charge on any atom is -0.490 e. The lowest BCUT2D eigenvalue weighted by Crippen LogP contribution is -2.25. The molecule has 0 unspecified atom stereocenters. The highest BCUT2D eigenvalue weighted by atomic mass is 19.4. The molecule has 0 saturated heterocycles. The van der Waals surface area contributed by atoms with E-state index in [2.05, 4.69) is 35.9 Å². The standard InChI is InChI=1S/C42H41F6N3O3/c1-27(2)32-13-12-28(3)37(19-32)38-21-39(54-26-30-10-6-5-7-11-30)29(4)16-33(38)25-51(40-49-22-36(23-50-40)53-15-9-8-14-52)24-31-17-34(41(43,44)45)20-35(18-31)42(46,47)48/h5-7,10-14,16-23,27H,8-9,15,24-26H2,1-4H3. The molecule has 5 rings (SSSR count). The van der Waals surface area contributed by atoms with Crippen LogP contribution in [0.4, 0.5) is 32.3 Å². The molecule has 5 aromatic rings. The fourth-order valence-corrected chi connectivity index (χ4v) is 5.95. The Labute approximate surface area is 310 Å². The number of carbonyl (C=O) groups is 1. The Hall–Kier alpha value is -5.39. The van der Waals surface area contributed by atoms with Crippen LogP contribution >= 0.6 is 0 Å². The minimum absolute atomic E-state index is 0.0115. The number of ether oxygens (including phenoxy) is 2. The summed E-state index contributed by atoms with van der Waals surface area (Å²) in [5.74, 6) is 1.18. The number of unbranched alkanes of at least 4 members (excludes halogenated alkanes) is 1. The molecule has 0 N–H and O–H groups in total. The SMILES string of the molecule is Cc1cc(CN(Cc2cc(C(F)(F)F)cc(C(F)(F)F)c2)c2ncc(OCCCC=O)cn2)c(-c2cc(C(C)C)ccc2C)cc1OCc1ccccc1. The van der Waals surface area contributed by atoms with Crippen molar-refractivity contribution in [3.05, 3.63) is 136 Å². The van der Waals surface area contributed by atoms with Crippen LogP contribution in [0.15, 0.2) is 91.3 Å². The minimum atomic E-state index is -5.01. The van der Waals surface area contributed by atoms with Gasteiger partial charge in [0.1, 0.15) is 18.6 Å². The van der Waals surface area contributed by atoms with Gasteiger partial charge in [-0.15, -0.1) is 0 Å². The average molecular weight is 750 g/mol. The van der Waals surface area contributed by atoms with Crippen LogP contribution in [0.1, 0.15) is 77.1 Å². The van der Waals surface area contributed by atoms with Crippen molar-refractivity contribution in [2.75, 3.05) is 11.5 Å². The van der Waals surface area contributed by atoms with Gasteiger partial charge < -0.3 is 19.2 Å². The maximum atomic E-state index is 13.9. The fraction of sp³-hybridized carbons (Fsp3) is 0.310. The van der Waals surface area contributed by atoms with Gasteiger partial charge in [0.25, 0.3) is 0 Å². The zero-order valence-electron chi connectivity index (χ0n) is 30.4. The fourth-order valence-electron chi connectivity index (χ4n) is 5.95. The molecule has 0 saturated carbocycles. The van der Waals surface area contributed by atoms with Crippen molar-refractivity contribution in [3.63, 3.8) is 0 Å². The molecular weight excluding hydrogens is 708 g/mol. The summed E-state index contributed by atoms with van der Waals surface area (Å²) in [6, 6.07) is 21.2. The molecule has 1 heterocycles. The molecule has 0 aliphatic heterocycles. The van der Waals surface area contributed by atoms with Gasteiger partial charge in [-0.2, -0.15) is 26.3 Å². The number of rotatable bonds is 15. The monoisotopic (exact) mass is 749 g/mol. The highest BCUT2D eigenvalue weighted by Gasteiger charge is 2.37. The Bertz CT molecular complexity index is 2000. The van der Waals surface area contributed by atoms with Crippen LogP contribution in [-0.2, 0) is 36.8 Å². The Morgan fingerprint density at radius 2 is 1.41 bits per heavy atom. The van der Waals surface area contributed by atoms with Crippen molar-refractivity contribution in [1.82, 2.24) is 9.97 Å². The number of hydrogen-bond acceptors (Lipinski definition) is 6. The summed E-state index contributed by atoms with van der Waals surface area (Å²) in [6.07, 6.45) is -5.71. The average Bonchev–Trinajstić information content (AvgIpc) is 3.13. The first-order valence-corrected chi connectivity index (χ1v) is 17.4. The van der Waals surface area contributed by atoms with Crippen molar-refractivity contribution in [2.24, 2.45) is 0 Å². The van der Waals surface area contributed by atoms with Crippen LogP contribution in [0.3, 0.4) is 0 Å². The molecule has 0 amide bonds. The summed E-state index contributed by atoms with van der Waals surface area (Å²) in [4.78, 5) is 21.1. The molecule has 284 valence electrons. The van der Waals surface area contributed by atoms with Crippen molar-refractivity contribution < 1.29 is 40.6 Å². The molecule has 0 aliphatic rings. The van der Waals surface area contributed by atoms with E-state index in [1.165, 1.54) is 17.3 Å². The maximum Gasteiger partial charge on any atom is 0.416 e. The first-order valence-electron chi connectivity index (χ1n) is 17.4. The second-order valence-electron chi connectivity index (χ2n) is 13.4. The zero-order valence-corrected chi connectivity index (χ0v) is 30.4. The van der Waals surface area contributed by atoms with E-state index in [1.54, 1.807) is 0 Å². The summed E-state index contributed by atoms with van der Waals surface area (Å²) >= 11 is 0. The summed E-state index contributed by atoms with van der Waals surface area (Å²) in [5, 5.41) is 0. The smallest absolute Gasteiger partial charge is 0.416 e. The summed E-state index contributed by atoms with van der Waals surface area (Å²) in [5.41, 5.74) is 3.16. The summed E-state index contributed by atoms with van der Waals surface area (Å²) in [6.45, 7) is 8.18. The highest BCUT2D eigenvalue weighted by molar-refractivity contribution is 5.74. The van der Waals surface area contributed by atoms with Crippen LogP contribution in [0.25, 0.3) is 11.1 Å². The second-order valence-corrected chi connectivity index (χ2v) is 13.4.